The van der Waals surface area contributed by atoms with Crippen LogP contribution in [0.1, 0.15) is 38.7 Å². The van der Waals surface area contributed by atoms with Gasteiger partial charge in [0.25, 0.3) is 0 Å². The van der Waals surface area contributed by atoms with Crippen molar-refractivity contribution in [3.05, 3.63) is 42.0 Å². The van der Waals surface area contributed by atoms with Crippen LogP contribution in [-0.4, -0.2) is 13.0 Å². The Bertz CT molecular complexity index is 724. The fraction of sp³-hybridized carbons (Fsp3) is 0.412. The molecule has 0 radical (unpaired) electrons. The van der Waals surface area contributed by atoms with E-state index in [4.69, 9.17) is 0 Å². The number of unbranched alkanes of at least 4 members (excludes halogenated alkanes) is 1. The summed E-state index contributed by atoms with van der Waals surface area (Å²) in [5.41, 5.74) is 0.673. The van der Waals surface area contributed by atoms with Gasteiger partial charge in [-0.2, -0.15) is 0 Å². The molecule has 0 spiro atoms. The molecule has 0 fully saturated rings. The van der Waals surface area contributed by atoms with Crippen molar-refractivity contribution in [3.63, 3.8) is 0 Å². The van der Waals surface area contributed by atoms with Crippen molar-refractivity contribution in [2.45, 2.75) is 44.4 Å². The predicted molar refractivity (Wildman–Crippen MR) is 84.3 cm³/mol. The van der Waals surface area contributed by atoms with Gasteiger partial charge >= 0.3 is 51.4 Å². The van der Waals surface area contributed by atoms with Crippen LogP contribution in [0.4, 0.5) is 0 Å². The zero-order chi connectivity index (χ0) is 15.5. The molecule has 2 aromatic carbocycles. The molecule has 0 unspecified atom stereocenters. The van der Waals surface area contributed by atoms with E-state index in [1.54, 1.807) is 6.07 Å². The van der Waals surface area contributed by atoms with E-state index in [-0.39, 0.29) is 56.3 Å². The standard InChI is InChI=1S/C17H22O3S.K/c1-13(2)7-3-5-10-16-15-9-6-4-8-14(15)11-12-17(16)21(18,19)20;/h4,6,8-9,11-13H,3,5,7,10H2,1-2H3,(H,18,19,20);/q;+1/p-1. The first kappa shape index (κ1) is 20.3. The van der Waals surface area contributed by atoms with Crippen molar-refractivity contribution < 1.29 is 64.4 Å². The minimum absolute atomic E-state index is 0. The van der Waals surface area contributed by atoms with E-state index in [1.807, 2.05) is 24.3 Å². The zero-order valence-electron chi connectivity index (χ0n) is 13.5. The summed E-state index contributed by atoms with van der Waals surface area (Å²) >= 11 is 0. The molecular weight excluding hydrogens is 323 g/mol. The summed E-state index contributed by atoms with van der Waals surface area (Å²) in [5, 5.41) is 1.85. The van der Waals surface area contributed by atoms with E-state index in [9.17, 15) is 13.0 Å². The minimum Gasteiger partial charge on any atom is -0.744 e. The van der Waals surface area contributed by atoms with Crippen molar-refractivity contribution in [1.29, 1.82) is 0 Å². The SMILES string of the molecule is CC(C)CCCCc1c(S(=O)(=O)[O-])ccc2ccccc12.[K+]. The number of rotatable bonds is 6. The third-order valence-electron chi connectivity index (χ3n) is 3.73. The first-order chi connectivity index (χ1) is 9.89. The monoisotopic (exact) mass is 344 g/mol. The number of benzene rings is 2. The topological polar surface area (TPSA) is 57.2 Å². The molecule has 0 aliphatic rings. The van der Waals surface area contributed by atoms with Gasteiger partial charge in [0.15, 0.2) is 0 Å². The molecule has 5 heteroatoms. The summed E-state index contributed by atoms with van der Waals surface area (Å²) in [5.74, 6) is 0.639. The fourth-order valence-electron chi connectivity index (χ4n) is 2.66. The van der Waals surface area contributed by atoms with Gasteiger partial charge in [-0.1, -0.05) is 57.0 Å². The molecule has 0 N–H and O–H groups in total. The molecule has 0 bridgehead atoms. The van der Waals surface area contributed by atoms with Crippen molar-refractivity contribution in [1.82, 2.24) is 0 Å². The maximum absolute atomic E-state index is 11.5. The van der Waals surface area contributed by atoms with Crippen molar-refractivity contribution in [2.75, 3.05) is 0 Å². The Balaban J connectivity index is 0.00000242. The second kappa shape index (κ2) is 8.92. The summed E-state index contributed by atoms with van der Waals surface area (Å²) in [6.45, 7) is 4.34. The number of aryl methyl sites for hydroxylation is 1. The maximum atomic E-state index is 11.5. The van der Waals surface area contributed by atoms with Crippen LogP contribution in [0, 0.1) is 5.92 Å². The third kappa shape index (κ3) is 5.41. The van der Waals surface area contributed by atoms with E-state index in [0.717, 1.165) is 30.0 Å². The molecule has 2 rings (SSSR count). The molecular formula is C17H21KO3S. The molecule has 2 aromatic rings. The average Bonchev–Trinajstić information content (AvgIpc) is 2.42. The minimum atomic E-state index is -4.43. The normalized spacial score (nSPS) is 11.6. The number of hydrogen-bond donors (Lipinski definition) is 0. The predicted octanol–water partition coefficient (Wildman–Crippen LogP) is 1.12. The van der Waals surface area contributed by atoms with Gasteiger partial charge in [0, 0.05) is 0 Å². The molecule has 0 atom stereocenters. The molecule has 0 aliphatic carbocycles. The fourth-order valence-corrected chi connectivity index (χ4v) is 3.41. The molecule has 0 amide bonds. The number of fused-ring (bicyclic) bond motifs is 1. The van der Waals surface area contributed by atoms with Crippen molar-refractivity contribution in [3.8, 4) is 0 Å². The summed E-state index contributed by atoms with van der Waals surface area (Å²) < 4.78 is 34.4. The smallest absolute Gasteiger partial charge is 0.744 e. The Labute approximate surface area is 175 Å². The van der Waals surface area contributed by atoms with Gasteiger partial charge in [0.1, 0.15) is 10.1 Å². The Morgan fingerprint density at radius 1 is 1.05 bits per heavy atom. The van der Waals surface area contributed by atoms with Gasteiger partial charge in [0.05, 0.1) is 4.90 Å². The first-order valence-electron chi connectivity index (χ1n) is 7.36. The summed E-state index contributed by atoms with van der Waals surface area (Å²) in [6.07, 6.45) is 3.68. The first-order valence-corrected chi connectivity index (χ1v) is 8.77. The van der Waals surface area contributed by atoms with Gasteiger partial charge in [-0.3, -0.25) is 0 Å². The van der Waals surface area contributed by atoms with Crippen LogP contribution >= 0.6 is 0 Å². The summed E-state index contributed by atoms with van der Waals surface area (Å²) in [6, 6.07) is 10.8. The van der Waals surface area contributed by atoms with Crippen LogP contribution in [0.3, 0.4) is 0 Å². The van der Waals surface area contributed by atoms with Crippen LogP contribution in [0.15, 0.2) is 41.3 Å². The number of hydrogen-bond acceptors (Lipinski definition) is 3. The van der Waals surface area contributed by atoms with E-state index in [2.05, 4.69) is 13.8 Å². The third-order valence-corrected chi connectivity index (χ3v) is 4.65. The largest absolute Gasteiger partial charge is 1.00 e. The second-order valence-corrected chi connectivity index (χ2v) is 7.21. The van der Waals surface area contributed by atoms with E-state index >= 15 is 0 Å². The summed E-state index contributed by atoms with van der Waals surface area (Å²) in [7, 11) is -4.43. The summed E-state index contributed by atoms with van der Waals surface area (Å²) in [4.78, 5) is -0.0641. The van der Waals surface area contributed by atoms with Gasteiger partial charge in [0.2, 0.25) is 0 Å². The maximum Gasteiger partial charge on any atom is 1.00 e. The van der Waals surface area contributed by atoms with E-state index < -0.39 is 10.1 Å². The quantitative estimate of drug-likeness (QED) is 0.448. The Hall–Kier alpha value is 0.246. The van der Waals surface area contributed by atoms with E-state index in [1.165, 1.54) is 6.07 Å². The molecule has 3 nitrogen and oxygen atoms in total. The van der Waals surface area contributed by atoms with Crippen molar-refractivity contribution >= 4 is 20.9 Å². The van der Waals surface area contributed by atoms with Gasteiger partial charge in [-0.25, -0.2) is 8.42 Å². The van der Waals surface area contributed by atoms with Gasteiger partial charge in [-0.05, 0) is 41.2 Å². The Morgan fingerprint density at radius 2 is 1.73 bits per heavy atom. The zero-order valence-corrected chi connectivity index (χ0v) is 17.4. The molecule has 114 valence electrons. The molecule has 22 heavy (non-hydrogen) atoms. The van der Waals surface area contributed by atoms with Gasteiger partial charge < -0.3 is 4.55 Å². The van der Waals surface area contributed by atoms with Crippen LogP contribution in [0.25, 0.3) is 10.8 Å². The molecule has 0 aliphatic heterocycles. The van der Waals surface area contributed by atoms with Crippen LogP contribution in [-0.2, 0) is 16.5 Å². The molecule has 0 aromatic heterocycles. The van der Waals surface area contributed by atoms with E-state index in [0.29, 0.717) is 17.9 Å². The second-order valence-electron chi connectivity index (χ2n) is 5.86. The van der Waals surface area contributed by atoms with Crippen LogP contribution in [0.2, 0.25) is 0 Å². The van der Waals surface area contributed by atoms with Crippen molar-refractivity contribution in [2.24, 2.45) is 5.92 Å². The molecule has 0 saturated carbocycles. The molecule has 0 saturated heterocycles. The Kier molecular flexibility index (Phi) is 8.23. The van der Waals surface area contributed by atoms with Gasteiger partial charge in [-0.15, -0.1) is 0 Å². The molecule has 0 heterocycles. The van der Waals surface area contributed by atoms with Crippen LogP contribution < -0.4 is 51.4 Å². The van der Waals surface area contributed by atoms with Crippen LogP contribution in [0.5, 0.6) is 0 Å². The average molecular weight is 345 g/mol. The Morgan fingerprint density at radius 3 is 2.36 bits per heavy atom.